The number of para-hydroxylation sites is 2. The lowest BCUT2D eigenvalue weighted by Gasteiger charge is -2.11. The van der Waals surface area contributed by atoms with Gasteiger partial charge in [-0.1, -0.05) is 133 Å². The number of phenols is 2. The summed E-state index contributed by atoms with van der Waals surface area (Å²) in [6.45, 7) is 0. The second-order valence-corrected chi connectivity index (χ2v) is 12.2. The Morgan fingerprint density at radius 3 is 1.20 bits per heavy atom. The van der Waals surface area contributed by atoms with Gasteiger partial charge in [0, 0.05) is 34.7 Å². The average Bonchev–Trinajstić information content (AvgIpc) is 3.18. The van der Waals surface area contributed by atoms with Crippen LogP contribution in [0.5, 0.6) is 11.5 Å². The molecule has 0 aliphatic carbocycles. The monoisotopic (exact) mass is 644 g/mol. The average molecular weight is 645 g/mol. The Balaban J connectivity index is 1.14. The Hall–Kier alpha value is -6.78. The minimum absolute atomic E-state index is 0.168. The number of aromatic hydroxyl groups is 2. The van der Waals surface area contributed by atoms with Crippen molar-refractivity contribution in [2.75, 3.05) is 0 Å². The predicted octanol–water partition coefficient (Wildman–Crippen LogP) is 11.9. The van der Waals surface area contributed by atoms with Gasteiger partial charge >= 0.3 is 0 Å². The van der Waals surface area contributed by atoms with E-state index < -0.39 is 0 Å². The van der Waals surface area contributed by atoms with E-state index in [2.05, 4.69) is 48.5 Å². The first-order valence-electron chi connectivity index (χ1n) is 16.5. The van der Waals surface area contributed by atoms with E-state index in [9.17, 15) is 10.2 Å². The molecule has 238 valence electrons. The van der Waals surface area contributed by atoms with E-state index in [1.807, 2.05) is 109 Å². The SMILES string of the molecule is Oc1ccc2cc(-c3ccccc3)ccc2c1C=Nc1ccccc1-c1ccccc1N=Cc1c(O)ccc2cc(-c3ccccc3)ccc12. The number of phenolic OH excluding ortho intramolecular Hbond substituents is 2. The van der Waals surface area contributed by atoms with Crippen LogP contribution in [0, 0.1) is 0 Å². The zero-order valence-electron chi connectivity index (χ0n) is 27.1. The second kappa shape index (κ2) is 13.4. The maximum Gasteiger partial charge on any atom is 0.124 e. The lowest BCUT2D eigenvalue weighted by Crippen LogP contribution is -1.89. The number of hydrogen-bond donors (Lipinski definition) is 2. The third-order valence-electron chi connectivity index (χ3n) is 9.05. The van der Waals surface area contributed by atoms with Crippen LogP contribution in [0.3, 0.4) is 0 Å². The van der Waals surface area contributed by atoms with Crippen LogP contribution in [0.25, 0.3) is 54.9 Å². The second-order valence-electron chi connectivity index (χ2n) is 12.2. The Morgan fingerprint density at radius 1 is 0.360 bits per heavy atom. The van der Waals surface area contributed by atoms with Crippen LogP contribution in [-0.2, 0) is 0 Å². The van der Waals surface area contributed by atoms with Gasteiger partial charge in [-0.05, 0) is 80.2 Å². The molecule has 0 amide bonds. The maximum absolute atomic E-state index is 10.9. The molecular formula is C46H32N2O2. The van der Waals surface area contributed by atoms with E-state index >= 15 is 0 Å². The van der Waals surface area contributed by atoms with Gasteiger partial charge in [0.25, 0.3) is 0 Å². The molecule has 0 unspecified atom stereocenters. The molecular weight excluding hydrogens is 613 g/mol. The van der Waals surface area contributed by atoms with Crippen molar-refractivity contribution >= 4 is 45.3 Å². The molecule has 0 bridgehead atoms. The van der Waals surface area contributed by atoms with E-state index in [-0.39, 0.29) is 11.5 Å². The number of aliphatic imine (C=N–C) groups is 2. The Kier molecular flexibility index (Phi) is 8.17. The Labute approximate surface area is 290 Å². The van der Waals surface area contributed by atoms with Gasteiger partial charge in [-0.25, -0.2) is 0 Å². The maximum atomic E-state index is 10.9. The van der Waals surface area contributed by atoms with E-state index in [1.54, 1.807) is 24.6 Å². The van der Waals surface area contributed by atoms with Gasteiger partial charge in [0.1, 0.15) is 11.5 Å². The summed E-state index contributed by atoms with van der Waals surface area (Å²) < 4.78 is 0. The Morgan fingerprint density at radius 2 is 0.760 bits per heavy atom. The molecule has 8 aromatic carbocycles. The summed E-state index contributed by atoms with van der Waals surface area (Å²) in [7, 11) is 0. The first kappa shape index (κ1) is 30.5. The molecule has 2 N–H and O–H groups in total. The molecule has 8 rings (SSSR count). The highest BCUT2D eigenvalue weighted by atomic mass is 16.3. The third-order valence-corrected chi connectivity index (χ3v) is 9.05. The van der Waals surface area contributed by atoms with E-state index in [1.165, 1.54) is 0 Å². The third kappa shape index (κ3) is 6.02. The predicted molar refractivity (Wildman–Crippen MR) is 208 cm³/mol. The minimum Gasteiger partial charge on any atom is -0.507 e. The highest BCUT2D eigenvalue weighted by Gasteiger charge is 2.12. The molecule has 0 fully saturated rings. The molecule has 0 saturated carbocycles. The quantitative estimate of drug-likeness (QED) is 0.170. The molecule has 0 atom stereocenters. The number of rotatable bonds is 7. The van der Waals surface area contributed by atoms with Crippen molar-refractivity contribution in [3.63, 3.8) is 0 Å². The summed E-state index contributed by atoms with van der Waals surface area (Å²) in [4.78, 5) is 9.83. The van der Waals surface area contributed by atoms with Gasteiger partial charge in [0.2, 0.25) is 0 Å². The van der Waals surface area contributed by atoms with Crippen molar-refractivity contribution in [1.29, 1.82) is 0 Å². The number of benzene rings is 8. The molecule has 0 radical (unpaired) electrons. The minimum atomic E-state index is 0.168. The van der Waals surface area contributed by atoms with E-state index in [0.29, 0.717) is 11.1 Å². The van der Waals surface area contributed by atoms with Gasteiger partial charge in [0.05, 0.1) is 11.4 Å². The van der Waals surface area contributed by atoms with Gasteiger partial charge in [-0.3, -0.25) is 9.98 Å². The van der Waals surface area contributed by atoms with Crippen LogP contribution in [0.15, 0.2) is 180 Å². The van der Waals surface area contributed by atoms with Gasteiger partial charge in [0.15, 0.2) is 0 Å². The van der Waals surface area contributed by atoms with Crippen molar-refractivity contribution in [2.45, 2.75) is 0 Å². The zero-order chi connectivity index (χ0) is 33.9. The molecule has 0 saturated heterocycles. The van der Waals surface area contributed by atoms with Crippen molar-refractivity contribution < 1.29 is 10.2 Å². The van der Waals surface area contributed by atoms with Gasteiger partial charge in [-0.15, -0.1) is 0 Å². The van der Waals surface area contributed by atoms with Crippen LogP contribution < -0.4 is 0 Å². The van der Waals surface area contributed by atoms with E-state index in [0.717, 1.165) is 66.3 Å². The summed E-state index contributed by atoms with van der Waals surface area (Å²) in [6.07, 6.45) is 3.48. The van der Waals surface area contributed by atoms with Crippen LogP contribution in [0.4, 0.5) is 11.4 Å². The molecule has 0 heterocycles. The molecule has 0 aliphatic heterocycles. The van der Waals surface area contributed by atoms with Crippen LogP contribution in [0.2, 0.25) is 0 Å². The van der Waals surface area contributed by atoms with Crippen molar-refractivity contribution in [2.24, 2.45) is 9.98 Å². The smallest absolute Gasteiger partial charge is 0.124 e. The summed E-state index contributed by atoms with van der Waals surface area (Å²) in [5.41, 5.74) is 9.11. The summed E-state index contributed by atoms with van der Waals surface area (Å²) in [6, 6.07) is 56.2. The van der Waals surface area contributed by atoms with Gasteiger partial charge < -0.3 is 10.2 Å². The Bertz CT molecular complexity index is 2380. The molecule has 50 heavy (non-hydrogen) atoms. The molecule has 0 aliphatic rings. The lowest BCUT2D eigenvalue weighted by atomic mass is 9.98. The van der Waals surface area contributed by atoms with Crippen LogP contribution in [-0.4, -0.2) is 22.6 Å². The van der Waals surface area contributed by atoms with Crippen molar-refractivity contribution in [3.8, 4) is 44.9 Å². The largest absolute Gasteiger partial charge is 0.507 e. The standard InChI is InChI=1S/C46H32N2O2/c49-45-25-21-35-27-33(31-11-3-1-4-12-31)19-23-37(35)41(45)29-47-43-17-9-7-15-39(43)40-16-8-10-18-44(40)48-30-42-38-24-20-34(32-13-5-2-6-14-32)28-36(38)22-26-46(42)50/h1-30,49-50H. The number of fused-ring (bicyclic) bond motifs is 2. The zero-order valence-corrected chi connectivity index (χ0v) is 27.1. The highest BCUT2D eigenvalue weighted by Crippen LogP contribution is 2.38. The topological polar surface area (TPSA) is 65.2 Å². The molecule has 0 aromatic heterocycles. The fraction of sp³-hybridized carbons (Fsp3) is 0. The number of hydrogen-bond acceptors (Lipinski definition) is 4. The number of nitrogens with zero attached hydrogens (tertiary/aromatic N) is 2. The summed E-state index contributed by atoms with van der Waals surface area (Å²) in [5.74, 6) is 0.337. The summed E-state index contributed by atoms with van der Waals surface area (Å²) >= 11 is 0. The van der Waals surface area contributed by atoms with Crippen LogP contribution in [0.1, 0.15) is 11.1 Å². The van der Waals surface area contributed by atoms with Crippen molar-refractivity contribution in [1.82, 2.24) is 0 Å². The van der Waals surface area contributed by atoms with Crippen LogP contribution >= 0.6 is 0 Å². The lowest BCUT2D eigenvalue weighted by molar-refractivity contribution is 0.475. The fourth-order valence-electron chi connectivity index (χ4n) is 6.47. The van der Waals surface area contributed by atoms with E-state index in [4.69, 9.17) is 9.98 Å². The first-order chi connectivity index (χ1) is 24.6. The fourth-order valence-corrected chi connectivity index (χ4v) is 6.47. The van der Waals surface area contributed by atoms with Crippen molar-refractivity contribution in [3.05, 3.63) is 181 Å². The molecule has 8 aromatic rings. The highest BCUT2D eigenvalue weighted by molar-refractivity contribution is 6.06. The first-order valence-corrected chi connectivity index (χ1v) is 16.5. The molecule has 4 heteroatoms. The molecule has 0 spiro atoms. The molecule has 4 nitrogen and oxygen atoms in total. The summed E-state index contributed by atoms with van der Waals surface area (Å²) in [5, 5.41) is 25.7. The van der Waals surface area contributed by atoms with Gasteiger partial charge in [-0.2, -0.15) is 0 Å². The normalized spacial score (nSPS) is 11.6.